The molecular weight excluding hydrogens is 590 g/mol. The highest BCUT2D eigenvalue weighted by molar-refractivity contribution is 5.87. The molecule has 1 aromatic heterocycles. The number of aromatic nitrogens is 2. The highest BCUT2D eigenvalue weighted by atomic mass is 16.6. The number of carbonyl (C=O) groups is 4. The Bertz CT molecular complexity index is 1270. The van der Waals surface area contributed by atoms with Crippen molar-refractivity contribution >= 4 is 23.8 Å². The number of ether oxygens (including phenoxy) is 1. The van der Waals surface area contributed by atoms with Crippen molar-refractivity contribution < 1.29 is 29.0 Å². The maximum absolute atomic E-state index is 13.6. The van der Waals surface area contributed by atoms with Gasteiger partial charge in [0.15, 0.2) is 0 Å². The van der Waals surface area contributed by atoms with Gasteiger partial charge in [-0.05, 0) is 57.4 Å². The first kappa shape index (κ1) is 38.4. The lowest BCUT2D eigenvalue weighted by Gasteiger charge is -2.29. The quantitative estimate of drug-likeness (QED) is 0.158. The monoisotopic (exact) mass is 643 g/mol. The van der Waals surface area contributed by atoms with Crippen LogP contribution in [0.1, 0.15) is 77.4 Å². The summed E-state index contributed by atoms with van der Waals surface area (Å²) in [5.74, 6) is -1.05. The average molecular weight is 644 g/mol. The van der Waals surface area contributed by atoms with E-state index in [9.17, 15) is 24.3 Å². The highest BCUT2D eigenvalue weighted by Gasteiger charge is 2.30. The Morgan fingerprint density at radius 2 is 1.54 bits per heavy atom. The maximum atomic E-state index is 13.6. The third kappa shape index (κ3) is 13.7. The van der Waals surface area contributed by atoms with Crippen LogP contribution in [0.25, 0.3) is 0 Å². The Morgan fingerprint density at radius 1 is 0.913 bits per heavy atom. The van der Waals surface area contributed by atoms with Crippen LogP contribution in [0, 0.1) is 11.8 Å². The van der Waals surface area contributed by atoms with Crippen molar-refractivity contribution in [1.29, 1.82) is 0 Å². The first-order chi connectivity index (χ1) is 21.4. The van der Waals surface area contributed by atoms with E-state index >= 15 is 0 Å². The number of alkyl carbamates (subject to hydrolysis) is 1. The summed E-state index contributed by atoms with van der Waals surface area (Å²) in [6.45, 7) is 12.8. The fourth-order valence-corrected chi connectivity index (χ4v) is 4.80. The van der Waals surface area contributed by atoms with Crippen LogP contribution in [0.5, 0.6) is 0 Å². The first-order valence-electron chi connectivity index (χ1n) is 15.8. The smallest absolute Gasteiger partial charge is 0.408 e. The van der Waals surface area contributed by atoms with Crippen LogP contribution in [-0.4, -0.2) is 80.9 Å². The molecule has 8 N–H and O–H groups in total. The van der Waals surface area contributed by atoms with Crippen LogP contribution in [0.15, 0.2) is 42.9 Å². The van der Waals surface area contributed by atoms with Gasteiger partial charge in [-0.15, -0.1) is 0 Å². The van der Waals surface area contributed by atoms with E-state index in [1.807, 2.05) is 58.0 Å². The molecule has 0 aliphatic heterocycles. The number of nitrogens with zero attached hydrogens (tertiary/aromatic N) is 2. The van der Waals surface area contributed by atoms with Crippen molar-refractivity contribution in [1.82, 2.24) is 25.5 Å². The molecule has 13 heteroatoms. The normalized spacial score (nSPS) is 15.0. The fourth-order valence-electron chi connectivity index (χ4n) is 4.80. The molecule has 256 valence electrons. The van der Waals surface area contributed by atoms with Crippen molar-refractivity contribution in [3.8, 4) is 0 Å². The van der Waals surface area contributed by atoms with Crippen LogP contribution in [-0.2, 0) is 27.2 Å². The second-order valence-corrected chi connectivity index (χ2v) is 13.6. The van der Waals surface area contributed by atoms with Crippen LogP contribution < -0.4 is 27.4 Å². The summed E-state index contributed by atoms with van der Waals surface area (Å²) in [6.07, 6.45) is 1.98. The summed E-state index contributed by atoms with van der Waals surface area (Å²) in [5.41, 5.74) is 12.6. The van der Waals surface area contributed by atoms with Crippen LogP contribution in [0.2, 0.25) is 0 Å². The zero-order valence-corrected chi connectivity index (χ0v) is 28.2. The molecular formula is C33H53N7O6. The predicted molar refractivity (Wildman–Crippen MR) is 176 cm³/mol. The van der Waals surface area contributed by atoms with E-state index in [4.69, 9.17) is 16.2 Å². The molecule has 0 radical (unpaired) electrons. The van der Waals surface area contributed by atoms with Gasteiger partial charge in [-0.25, -0.2) is 9.78 Å². The molecule has 0 bridgehead atoms. The molecule has 0 saturated heterocycles. The summed E-state index contributed by atoms with van der Waals surface area (Å²) in [6, 6.07) is 5.94. The standard InChI is InChI=1S/C33H53N7O6/c1-20(2)13-24(34)29(42)36-17-28(41)26(14-21(3)4)38-30(43)27(39-32(45)46-33(5,6)7)16-23-18-40(19-37-23)31(44)25(35)15-22-11-9-8-10-12-22/h8-12,18-21,24-28,41H,13-17,34-35H2,1-7H3,(H,36,42)(H,38,43)(H,39,45)/t24-,25-,26-,27-,28?/m0/s1. The van der Waals surface area contributed by atoms with Gasteiger partial charge >= 0.3 is 6.09 Å². The molecule has 2 aromatic rings. The minimum atomic E-state index is -1.16. The summed E-state index contributed by atoms with van der Waals surface area (Å²) in [4.78, 5) is 56.1. The van der Waals surface area contributed by atoms with Crippen LogP contribution >= 0.6 is 0 Å². The number of nitrogens with two attached hydrogens (primary N) is 2. The SMILES string of the molecule is CC(C)C[C@H](NC(=O)[C@H](Cc1cn(C(=O)[C@@H](N)Cc2ccccc2)cn1)NC(=O)OC(C)(C)C)C(O)CNC(=O)[C@@H](N)CC(C)C. The van der Waals surface area contributed by atoms with Gasteiger partial charge in [-0.2, -0.15) is 0 Å². The third-order valence-electron chi connectivity index (χ3n) is 6.99. The fraction of sp³-hybridized carbons (Fsp3) is 0.606. The van der Waals surface area contributed by atoms with Gasteiger partial charge in [0, 0.05) is 19.2 Å². The molecule has 0 aliphatic rings. The van der Waals surface area contributed by atoms with Gasteiger partial charge in [0.2, 0.25) is 17.7 Å². The van der Waals surface area contributed by atoms with E-state index in [0.29, 0.717) is 25.0 Å². The number of rotatable bonds is 16. The minimum Gasteiger partial charge on any atom is -0.444 e. The van der Waals surface area contributed by atoms with Crippen molar-refractivity contribution in [2.75, 3.05) is 6.54 Å². The van der Waals surface area contributed by atoms with E-state index in [1.165, 1.54) is 17.1 Å². The Hall–Kier alpha value is -3.81. The van der Waals surface area contributed by atoms with Crippen molar-refractivity contribution in [2.45, 2.75) is 110 Å². The number of benzene rings is 1. The zero-order valence-electron chi connectivity index (χ0n) is 28.2. The van der Waals surface area contributed by atoms with Crippen molar-refractivity contribution in [3.63, 3.8) is 0 Å². The van der Waals surface area contributed by atoms with E-state index in [0.717, 1.165) is 5.56 Å². The first-order valence-corrected chi connectivity index (χ1v) is 15.8. The molecule has 0 fully saturated rings. The Kier molecular flexibility index (Phi) is 14.8. The van der Waals surface area contributed by atoms with Gasteiger partial charge in [0.05, 0.1) is 29.9 Å². The van der Waals surface area contributed by atoms with E-state index in [-0.39, 0.29) is 36.6 Å². The molecule has 1 aromatic carbocycles. The van der Waals surface area contributed by atoms with E-state index < -0.39 is 47.9 Å². The van der Waals surface area contributed by atoms with Crippen LogP contribution in [0.3, 0.4) is 0 Å². The molecule has 0 saturated carbocycles. The average Bonchev–Trinajstić information content (AvgIpc) is 3.41. The number of amides is 3. The lowest BCUT2D eigenvalue weighted by atomic mass is 9.98. The second kappa shape index (κ2) is 17.8. The molecule has 46 heavy (non-hydrogen) atoms. The molecule has 1 heterocycles. The lowest BCUT2D eigenvalue weighted by Crippen LogP contribution is -2.56. The number of aliphatic hydroxyl groups is 1. The number of imidazole rings is 1. The summed E-state index contributed by atoms with van der Waals surface area (Å²) >= 11 is 0. The number of carbonyl (C=O) groups excluding carboxylic acids is 4. The van der Waals surface area contributed by atoms with Gasteiger partial charge in [0.25, 0.3) is 0 Å². The largest absolute Gasteiger partial charge is 0.444 e. The Morgan fingerprint density at radius 3 is 2.13 bits per heavy atom. The zero-order chi connectivity index (χ0) is 34.6. The Labute approximate surface area is 272 Å². The van der Waals surface area contributed by atoms with Gasteiger partial charge in [-0.1, -0.05) is 58.0 Å². The molecule has 2 rings (SSSR count). The third-order valence-corrected chi connectivity index (χ3v) is 6.99. The minimum absolute atomic E-state index is 0.0788. The Balaban J connectivity index is 2.19. The van der Waals surface area contributed by atoms with Gasteiger partial charge in [0.1, 0.15) is 18.0 Å². The molecule has 3 amide bonds. The van der Waals surface area contributed by atoms with Crippen molar-refractivity contribution in [3.05, 3.63) is 54.1 Å². The number of nitrogens with one attached hydrogen (secondary N) is 3. The summed E-state index contributed by atoms with van der Waals surface area (Å²) in [5, 5.41) is 19.1. The summed E-state index contributed by atoms with van der Waals surface area (Å²) < 4.78 is 6.65. The van der Waals surface area contributed by atoms with Gasteiger partial charge in [-0.3, -0.25) is 19.0 Å². The highest BCUT2D eigenvalue weighted by Crippen LogP contribution is 2.13. The lowest BCUT2D eigenvalue weighted by molar-refractivity contribution is -0.125. The number of aliphatic hydroxyl groups excluding tert-OH is 1. The topological polar surface area (TPSA) is 204 Å². The molecule has 0 spiro atoms. The summed E-state index contributed by atoms with van der Waals surface area (Å²) in [7, 11) is 0. The van der Waals surface area contributed by atoms with Crippen LogP contribution in [0.4, 0.5) is 4.79 Å². The molecule has 5 atom stereocenters. The number of hydrogen-bond acceptors (Lipinski definition) is 9. The van der Waals surface area contributed by atoms with E-state index in [2.05, 4.69) is 20.9 Å². The predicted octanol–water partition coefficient (Wildman–Crippen LogP) is 1.91. The molecule has 1 unspecified atom stereocenters. The van der Waals surface area contributed by atoms with Gasteiger partial charge < -0.3 is 37.3 Å². The molecule has 0 aliphatic carbocycles. The maximum Gasteiger partial charge on any atom is 0.408 e. The second-order valence-electron chi connectivity index (χ2n) is 13.6. The van der Waals surface area contributed by atoms with E-state index in [1.54, 1.807) is 20.8 Å². The number of hydrogen-bond donors (Lipinski definition) is 6. The van der Waals surface area contributed by atoms with Crippen molar-refractivity contribution in [2.24, 2.45) is 23.3 Å². The molecule has 13 nitrogen and oxygen atoms in total.